The molecule has 1 spiro atoms. The molecule has 0 saturated heterocycles. The van der Waals surface area contributed by atoms with Crippen LogP contribution < -0.4 is 4.90 Å². The third-order valence-corrected chi connectivity index (χ3v) is 17.0. The molecule has 0 bridgehead atoms. The van der Waals surface area contributed by atoms with Gasteiger partial charge in [-0.2, -0.15) is 0 Å². The average molecular weight is 904 g/mol. The second-order valence-corrected chi connectivity index (χ2v) is 23.7. The second kappa shape index (κ2) is 14.4. The molecule has 13 rings (SSSR count). The first-order valence-electron chi connectivity index (χ1n) is 25.4. The van der Waals surface area contributed by atoms with Gasteiger partial charge in [0.1, 0.15) is 0 Å². The van der Waals surface area contributed by atoms with Crippen molar-refractivity contribution in [3.63, 3.8) is 0 Å². The maximum atomic E-state index is 2.63. The maximum Gasteiger partial charge on any atom is 0.0726 e. The van der Waals surface area contributed by atoms with Gasteiger partial charge in [-0.15, -0.1) is 0 Å². The van der Waals surface area contributed by atoms with Crippen molar-refractivity contribution in [2.24, 2.45) is 0 Å². The van der Waals surface area contributed by atoms with Crippen molar-refractivity contribution in [1.82, 2.24) is 0 Å². The molecule has 4 aliphatic carbocycles. The van der Waals surface area contributed by atoms with Gasteiger partial charge in [0.25, 0.3) is 0 Å². The molecular formula is C69H61N. The van der Waals surface area contributed by atoms with Gasteiger partial charge < -0.3 is 4.90 Å². The summed E-state index contributed by atoms with van der Waals surface area (Å²) in [6.45, 7) is 23.7. The van der Waals surface area contributed by atoms with Gasteiger partial charge >= 0.3 is 0 Å². The molecule has 0 heterocycles. The van der Waals surface area contributed by atoms with E-state index in [2.05, 4.69) is 262 Å². The lowest BCUT2D eigenvalue weighted by Crippen LogP contribution is -2.27. The Morgan fingerprint density at radius 2 is 0.729 bits per heavy atom. The van der Waals surface area contributed by atoms with Crippen LogP contribution in [-0.4, -0.2) is 0 Å². The Morgan fingerprint density at radius 1 is 0.300 bits per heavy atom. The second-order valence-electron chi connectivity index (χ2n) is 23.7. The number of hydrogen-bond donors (Lipinski definition) is 0. The fourth-order valence-electron chi connectivity index (χ4n) is 13.4. The largest absolute Gasteiger partial charge is 0.309 e. The number of fused-ring (bicyclic) bond motifs is 16. The zero-order valence-corrected chi connectivity index (χ0v) is 42.3. The Morgan fingerprint density at radius 3 is 1.37 bits per heavy atom. The number of nitrogens with zero attached hydrogens (tertiary/aromatic N) is 1. The lowest BCUT2D eigenvalue weighted by molar-refractivity contribution is 0.586. The summed E-state index contributed by atoms with van der Waals surface area (Å²) in [5, 5.41) is 0. The lowest BCUT2D eigenvalue weighted by atomic mass is 9.69. The normalized spacial score (nSPS) is 15.6. The fraction of sp³-hybridized carbons (Fsp3) is 0.217. The summed E-state index contributed by atoms with van der Waals surface area (Å²) < 4.78 is 0. The summed E-state index contributed by atoms with van der Waals surface area (Å²) in [5.41, 5.74) is 29.4. The van der Waals surface area contributed by atoms with Crippen LogP contribution in [0.2, 0.25) is 0 Å². The van der Waals surface area contributed by atoms with Crippen molar-refractivity contribution >= 4 is 17.1 Å². The summed E-state index contributed by atoms with van der Waals surface area (Å²) in [6, 6.07) is 72.9. The fourth-order valence-corrected chi connectivity index (χ4v) is 13.4. The van der Waals surface area contributed by atoms with E-state index >= 15 is 0 Å². The number of hydrogen-bond acceptors (Lipinski definition) is 1. The zero-order valence-electron chi connectivity index (χ0n) is 42.3. The molecule has 4 aliphatic rings. The molecule has 0 aromatic heterocycles. The highest BCUT2D eigenvalue weighted by molar-refractivity contribution is 6.04. The summed E-state index contributed by atoms with van der Waals surface area (Å²) >= 11 is 0. The van der Waals surface area contributed by atoms with Gasteiger partial charge in [0, 0.05) is 27.6 Å². The van der Waals surface area contributed by atoms with Crippen molar-refractivity contribution in [3.05, 3.63) is 244 Å². The van der Waals surface area contributed by atoms with E-state index in [4.69, 9.17) is 0 Å². The van der Waals surface area contributed by atoms with Gasteiger partial charge in [-0.1, -0.05) is 233 Å². The van der Waals surface area contributed by atoms with Crippen LogP contribution in [0.3, 0.4) is 0 Å². The quantitative estimate of drug-likeness (QED) is 0.170. The van der Waals surface area contributed by atoms with E-state index in [-0.39, 0.29) is 21.7 Å². The molecule has 70 heavy (non-hydrogen) atoms. The van der Waals surface area contributed by atoms with E-state index in [1.54, 1.807) is 0 Å². The molecule has 0 amide bonds. The predicted octanol–water partition coefficient (Wildman–Crippen LogP) is 18.4. The van der Waals surface area contributed by atoms with Crippen LogP contribution in [0.5, 0.6) is 0 Å². The van der Waals surface area contributed by atoms with E-state index in [1.807, 2.05) is 0 Å². The Labute approximate surface area is 415 Å². The van der Waals surface area contributed by atoms with E-state index < -0.39 is 5.41 Å². The van der Waals surface area contributed by atoms with E-state index in [0.29, 0.717) is 0 Å². The molecule has 0 unspecified atom stereocenters. The van der Waals surface area contributed by atoms with Gasteiger partial charge in [-0.3, -0.25) is 0 Å². The average Bonchev–Trinajstić information content (AvgIpc) is 3.99. The molecule has 0 atom stereocenters. The molecular weight excluding hydrogens is 843 g/mol. The van der Waals surface area contributed by atoms with Crippen molar-refractivity contribution in [1.29, 1.82) is 0 Å². The molecule has 0 N–H and O–H groups in total. The van der Waals surface area contributed by atoms with Crippen LogP contribution in [0.1, 0.15) is 125 Å². The first-order chi connectivity index (χ1) is 33.5. The van der Waals surface area contributed by atoms with Gasteiger partial charge in [0.2, 0.25) is 0 Å². The lowest BCUT2D eigenvalue weighted by Gasteiger charge is -2.34. The number of anilines is 3. The molecule has 0 fully saturated rings. The molecule has 342 valence electrons. The molecule has 9 aromatic rings. The number of benzene rings is 9. The Balaban J connectivity index is 1.13. The summed E-state index contributed by atoms with van der Waals surface area (Å²) in [6.07, 6.45) is 0. The SMILES string of the molecule is CC(C)(C)c1ccc2c(c1)C1(c3cc(C(C)(C)C)ccc3-2)c2ccccc2-c2c(N(c3ccc4c(c3)C(C)(C)c3ccccc3-4)c3ccccc3-c3cccc4c3-c3ccccc3C4(C)C)cccc21. The predicted molar refractivity (Wildman–Crippen MR) is 295 cm³/mol. The van der Waals surface area contributed by atoms with Crippen LogP contribution in [0.4, 0.5) is 17.1 Å². The van der Waals surface area contributed by atoms with E-state index in [1.165, 1.54) is 117 Å². The molecule has 0 aliphatic heterocycles. The van der Waals surface area contributed by atoms with Crippen LogP contribution in [0.15, 0.2) is 188 Å². The van der Waals surface area contributed by atoms with Crippen molar-refractivity contribution in [2.45, 2.75) is 96.3 Å². The minimum atomic E-state index is -0.530. The summed E-state index contributed by atoms with van der Waals surface area (Å²) in [4.78, 5) is 2.63. The molecule has 0 saturated carbocycles. The monoisotopic (exact) mass is 903 g/mol. The van der Waals surface area contributed by atoms with Crippen LogP contribution in [0, 0.1) is 0 Å². The number of rotatable bonds is 4. The smallest absolute Gasteiger partial charge is 0.0726 e. The topological polar surface area (TPSA) is 3.24 Å². The third kappa shape index (κ3) is 5.67. The Bertz CT molecular complexity index is 3630. The standard InChI is InChI=1S/C69H61N/c1-65(2,3)42-33-36-47-48-37-34-43(66(4,5)6)40-60(48)69(59(47)39-42)55-28-17-13-24-52(55)64-57(69)30-20-32-62(64)70(44-35-38-46-45-21-11-15-26-53(45)68(9,10)58(46)41-44)61-31-18-14-22-49(61)50-25-19-29-56-63(50)51-23-12-16-27-54(51)67(56,7)8/h11-41H,1-10H3. The van der Waals surface area contributed by atoms with E-state index in [0.717, 1.165) is 11.4 Å². The maximum absolute atomic E-state index is 2.63. The highest BCUT2D eigenvalue weighted by atomic mass is 15.1. The highest BCUT2D eigenvalue weighted by Crippen LogP contribution is 2.66. The van der Waals surface area contributed by atoms with Crippen molar-refractivity contribution in [2.75, 3.05) is 4.90 Å². The Kier molecular flexibility index (Phi) is 8.83. The van der Waals surface area contributed by atoms with Gasteiger partial charge in [0.15, 0.2) is 0 Å². The van der Waals surface area contributed by atoms with Crippen LogP contribution in [-0.2, 0) is 27.1 Å². The first-order valence-corrected chi connectivity index (χ1v) is 25.4. The first kappa shape index (κ1) is 42.8. The molecule has 0 radical (unpaired) electrons. The van der Waals surface area contributed by atoms with E-state index in [9.17, 15) is 0 Å². The summed E-state index contributed by atoms with van der Waals surface area (Å²) in [5.74, 6) is 0. The van der Waals surface area contributed by atoms with Gasteiger partial charge in [-0.25, -0.2) is 0 Å². The molecule has 1 nitrogen and oxygen atoms in total. The van der Waals surface area contributed by atoms with Crippen molar-refractivity contribution in [3.8, 4) is 55.6 Å². The van der Waals surface area contributed by atoms with Crippen molar-refractivity contribution < 1.29 is 0 Å². The van der Waals surface area contributed by atoms with Crippen LogP contribution >= 0.6 is 0 Å². The molecule has 1 heteroatoms. The zero-order chi connectivity index (χ0) is 48.3. The summed E-state index contributed by atoms with van der Waals surface area (Å²) in [7, 11) is 0. The minimum absolute atomic E-state index is 0.0285. The van der Waals surface area contributed by atoms with Crippen LogP contribution in [0.25, 0.3) is 55.6 Å². The Hall–Kier alpha value is -7.22. The van der Waals surface area contributed by atoms with Gasteiger partial charge in [0.05, 0.1) is 16.8 Å². The van der Waals surface area contributed by atoms with Gasteiger partial charge in [-0.05, 0) is 135 Å². The minimum Gasteiger partial charge on any atom is -0.309 e. The highest BCUT2D eigenvalue weighted by Gasteiger charge is 2.53. The molecule has 9 aromatic carbocycles. The third-order valence-electron chi connectivity index (χ3n) is 17.0. The number of para-hydroxylation sites is 1.